The number of hydrogen-bond acceptors (Lipinski definition) is 5. The Labute approximate surface area is 172 Å². The van der Waals surface area contributed by atoms with Crippen molar-refractivity contribution in [3.63, 3.8) is 0 Å². The normalized spacial score (nSPS) is 17.9. The fourth-order valence-corrected chi connectivity index (χ4v) is 5.12. The van der Waals surface area contributed by atoms with Gasteiger partial charge in [0.2, 0.25) is 15.9 Å². The third-order valence-electron chi connectivity index (χ3n) is 5.27. The molecule has 2 heterocycles. The first-order valence-corrected chi connectivity index (χ1v) is 10.9. The quantitative estimate of drug-likeness (QED) is 0.680. The van der Waals surface area contributed by atoms with Gasteiger partial charge in [0, 0.05) is 31.9 Å². The molecule has 1 saturated heterocycles. The first kappa shape index (κ1) is 20.3. The van der Waals surface area contributed by atoms with Gasteiger partial charge in [-0.25, -0.2) is 17.6 Å². The molecule has 30 heavy (non-hydrogen) atoms. The number of oxazole rings is 1. The number of anilines is 1. The Hall–Kier alpha value is -2.98. The molecule has 8 nitrogen and oxygen atoms in total. The van der Waals surface area contributed by atoms with Crippen LogP contribution in [0.15, 0.2) is 56.6 Å². The highest BCUT2D eigenvalue weighted by Gasteiger charge is 2.33. The van der Waals surface area contributed by atoms with Crippen LogP contribution in [0.1, 0.15) is 12.8 Å². The molecule has 0 saturated carbocycles. The molecule has 1 fully saturated rings. The van der Waals surface area contributed by atoms with Crippen LogP contribution in [-0.4, -0.2) is 36.3 Å². The fraction of sp³-hybridized carbons (Fsp3) is 0.300. The van der Waals surface area contributed by atoms with Crippen molar-refractivity contribution in [2.24, 2.45) is 13.0 Å². The third-order valence-corrected chi connectivity index (χ3v) is 7.13. The number of aryl methyl sites for hydroxylation is 1. The summed E-state index contributed by atoms with van der Waals surface area (Å²) < 4.78 is 46.9. The number of carbonyl (C=O) groups excluding carboxylic acids is 1. The van der Waals surface area contributed by atoms with Gasteiger partial charge in [-0.3, -0.25) is 9.36 Å². The van der Waals surface area contributed by atoms with Gasteiger partial charge in [0.1, 0.15) is 5.82 Å². The zero-order chi connectivity index (χ0) is 21.5. The Bertz CT molecular complexity index is 1260. The highest BCUT2D eigenvalue weighted by atomic mass is 32.2. The Morgan fingerprint density at radius 1 is 1.20 bits per heavy atom. The fourth-order valence-electron chi connectivity index (χ4n) is 3.58. The van der Waals surface area contributed by atoms with E-state index in [-0.39, 0.29) is 22.9 Å². The molecule has 0 aliphatic carbocycles. The lowest BCUT2D eigenvalue weighted by Gasteiger charge is -2.31. The van der Waals surface area contributed by atoms with E-state index in [9.17, 15) is 22.4 Å². The minimum Gasteiger partial charge on any atom is -0.408 e. The number of piperidine rings is 1. The second kappa shape index (κ2) is 7.69. The van der Waals surface area contributed by atoms with E-state index in [0.29, 0.717) is 30.6 Å². The summed E-state index contributed by atoms with van der Waals surface area (Å²) in [7, 11) is -2.33. The highest BCUT2D eigenvalue weighted by Crippen LogP contribution is 2.26. The van der Waals surface area contributed by atoms with Gasteiger partial charge in [-0.15, -0.1) is 0 Å². The van der Waals surface area contributed by atoms with Crippen molar-refractivity contribution in [3.8, 4) is 0 Å². The van der Waals surface area contributed by atoms with Crippen LogP contribution in [0.2, 0.25) is 0 Å². The summed E-state index contributed by atoms with van der Waals surface area (Å²) in [6.07, 6.45) is 1.08. The lowest BCUT2D eigenvalue weighted by atomic mass is 9.99. The first-order chi connectivity index (χ1) is 14.3. The maximum absolute atomic E-state index is 13.1. The van der Waals surface area contributed by atoms with Crippen LogP contribution in [0.5, 0.6) is 0 Å². The number of rotatable bonds is 4. The van der Waals surface area contributed by atoms with E-state index in [1.54, 1.807) is 0 Å². The van der Waals surface area contributed by atoms with E-state index in [1.807, 2.05) is 0 Å². The summed E-state index contributed by atoms with van der Waals surface area (Å²) in [6, 6.07) is 9.66. The molecule has 1 aromatic heterocycles. The number of nitrogens with one attached hydrogen (secondary N) is 1. The molecule has 4 rings (SSSR count). The second-order valence-electron chi connectivity index (χ2n) is 7.25. The van der Waals surface area contributed by atoms with E-state index >= 15 is 0 Å². The van der Waals surface area contributed by atoms with Crippen LogP contribution in [0.25, 0.3) is 11.1 Å². The molecule has 2 aromatic carbocycles. The molecule has 1 amide bonds. The van der Waals surface area contributed by atoms with Crippen molar-refractivity contribution >= 4 is 32.7 Å². The van der Waals surface area contributed by atoms with Crippen molar-refractivity contribution in [2.75, 3.05) is 18.4 Å². The molecular weight excluding hydrogens is 413 g/mol. The molecule has 10 heteroatoms. The Balaban J connectivity index is 1.53. The summed E-state index contributed by atoms with van der Waals surface area (Å²) in [4.78, 5) is 24.3. The number of carbonyl (C=O) groups is 1. The van der Waals surface area contributed by atoms with Crippen molar-refractivity contribution in [1.29, 1.82) is 0 Å². The predicted octanol–water partition coefficient (Wildman–Crippen LogP) is 2.31. The van der Waals surface area contributed by atoms with Crippen LogP contribution in [-0.2, 0) is 21.9 Å². The van der Waals surface area contributed by atoms with Gasteiger partial charge in [-0.1, -0.05) is 0 Å². The van der Waals surface area contributed by atoms with Crippen LogP contribution < -0.4 is 11.1 Å². The number of benzene rings is 2. The third kappa shape index (κ3) is 3.75. The van der Waals surface area contributed by atoms with E-state index in [0.717, 1.165) is 0 Å². The average molecular weight is 433 g/mol. The maximum atomic E-state index is 13.1. The van der Waals surface area contributed by atoms with E-state index in [4.69, 9.17) is 4.42 Å². The zero-order valence-corrected chi connectivity index (χ0v) is 17.0. The van der Waals surface area contributed by atoms with E-state index in [2.05, 4.69) is 5.32 Å². The van der Waals surface area contributed by atoms with E-state index < -0.39 is 27.5 Å². The van der Waals surface area contributed by atoms with Crippen molar-refractivity contribution in [3.05, 3.63) is 58.8 Å². The molecule has 0 spiro atoms. The highest BCUT2D eigenvalue weighted by molar-refractivity contribution is 7.89. The second-order valence-corrected chi connectivity index (χ2v) is 9.19. The van der Waals surface area contributed by atoms with Gasteiger partial charge in [0.25, 0.3) is 0 Å². The maximum Gasteiger partial charge on any atom is 0.419 e. The van der Waals surface area contributed by atoms with Crippen molar-refractivity contribution in [1.82, 2.24) is 8.87 Å². The number of halogens is 1. The largest absolute Gasteiger partial charge is 0.419 e. The molecule has 1 atom stereocenters. The standard InChI is InChI=1S/C20H20FN3O5S/c1-23-17-9-8-16(11-18(17)29-20(23)26)30(27,28)24-10-2-3-13(12-24)19(25)22-15-6-4-14(21)5-7-15/h4-9,11,13H,2-3,10,12H2,1H3,(H,22,25). The number of sulfonamides is 1. The Morgan fingerprint density at radius 2 is 1.93 bits per heavy atom. The number of aromatic nitrogens is 1. The summed E-state index contributed by atoms with van der Waals surface area (Å²) in [5, 5.41) is 2.70. The average Bonchev–Trinajstić information content (AvgIpc) is 3.03. The minimum atomic E-state index is -3.87. The summed E-state index contributed by atoms with van der Waals surface area (Å²) >= 11 is 0. The smallest absolute Gasteiger partial charge is 0.408 e. The number of nitrogens with zero attached hydrogens (tertiary/aromatic N) is 2. The Morgan fingerprint density at radius 3 is 2.67 bits per heavy atom. The van der Waals surface area contributed by atoms with Crippen molar-refractivity contribution in [2.45, 2.75) is 17.7 Å². The van der Waals surface area contributed by atoms with Gasteiger partial charge in [0.05, 0.1) is 16.3 Å². The Kier molecular flexibility index (Phi) is 5.20. The molecule has 1 aliphatic heterocycles. The minimum absolute atomic E-state index is 0.00365. The SMILES string of the molecule is Cn1c(=O)oc2cc(S(=O)(=O)N3CCCC(C(=O)Nc4ccc(F)cc4)C3)ccc21. The van der Waals surface area contributed by atoms with Gasteiger partial charge in [-0.2, -0.15) is 4.31 Å². The summed E-state index contributed by atoms with van der Waals surface area (Å²) in [5.74, 6) is -1.83. The molecular formula is C20H20FN3O5S. The van der Waals surface area contributed by atoms with Gasteiger partial charge in [0.15, 0.2) is 5.58 Å². The molecule has 0 radical (unpaired) electrons. The predicted molar refractivity (Wildman–Crippen MR) is 108 cm³/mol. The molecule has 158 valence electrons. The summed E-state index contributed by atoms with van der Waals surface area (Å²) in [6.45, 7) is 0.325. The van der Waals surface area contributed by atoms with Crippen LogP contribution in [0, 0.1) is 11.7 Å². The number of fused-ring (bicyclic) bond motifs is 1. The molecule has 1 N–H and O–H groups in total. The van der Waals surface area contributed by atoms with Gasteiger partial charge in [-0.05, 0) is 49.2 Å². The first-order valence-electron chi connectivity index (χ1n) is 9.42. The zero-order valence-electron chi connectivity index (χ0n) is 16.2. The molecule has 1 unspecified atom stereocenters. The van der Waals surface area contributed by atoms with Crippen molar-refractivity contribution < 1.29 is 22.0 Å². The number of hydrogen-bond donors (Lipinski definition) is 1. The molecule has 3 aromatic rings. The van der Waals surface area contributed by atoms with E-state index in [1.165, 1.54) is 58.4 Å². The van der Waals surface area contributed by atoms with Gasteiger partial charge < -0.3 is 9.73 Å². The van der Waals surface area contributed by atoms with Crippen LogP contribution >= 0.6 is 0 Å². The lowest BCUT2D eigenvalue weighted by Crippen LogP contribution is -2.43. The topological polar surface area (TPSA) is 102 Å². The molecule has 0 bridgehead atoms. The van der Waals surface area contributed by atoms with Crippen LogP contribution in [0.3, 0.4) is 0 Å². The summed E-state index contributed by atoms with van der Waals surface area (Å²) in [5.41, 5.74) is 1.13. The van der Waals surface area contributed by atoms with Gasteiger partial charge >= 0.3 is 5.76 Å². The lowest BCUT2D eigenvalue weighted by molar-refractivity contribution is -0.120. The molecule has 1 aliphatic rings. The monoisotopic (exact) mass is 433 g/mol. The van der Waals surface area contributed by atoms with Crippen LogP contribution in [0.4, 0.5) is 10.1 Å². The number of amides is 1.